The van der Waals surface area contributed by atoms with Crippen LogP contribution in [0.15, 0.2) is 24.3 Å². The van der Waals surface area contributed by atoms with Gasteiger partial charge in [0.25, 0.3) is 0 Å². The molecule has 0 heterocycles. The van der Waals surface area contributed by atoms with Crippen LogP contribution in [0.3, 0.4) is 0 Å². The van der Waals surface area contributed by atoms with Gasteiger partial charge in [-0.15, -0.1) is 0 Å². The fourth-order valence-electron chi connectivity index (χ4n) is 1.57. The quantitative estimate of drug-likeness (QED) is 0.486. The van der Waals surface area contributed by atoms with Gasteiger partial charge in [-0.3, -0.25) is 0 Å². The smallest absolute Gasteiger partial charge is 0.119 e. The highest BCUT2D eigenvalue weighted by Gasteiger charge is 1.94. The average molecular weight is 285 g/mol. The van der Waals surface area contributed by atoms with Crippen LogP contribution in [0.5, 0.6) is 5.75 Å². The average Bonchev–Trinajstić information content (AvgIpc) is 2.34. The molecule has 1 aromatic rings. The standard InChI is InChI=1S/C14H21BrO/c1-2-3-4-5-6-11-16-14-9-7-13(12-15)8-10-14/h7-10H,2-6,11-12H2,1H3. The second-order valence-electron chi connectivity index (χ2n) is 4.04. The molecule has 0 saturated heterocycles. The number of benzene rings is 1. The molecule has 0 aliphatic carbocycles. The second kappa shape index (κ2) is 8.63. The summed E-state index contributed by atoms with van der Waals surface area (Å²) in [6, 6.07) is 8.29. The lowest BCUT2D eigenvalue weighted by molar-refractivity contribution is 0.304. The molecular weight excluding hydrogens is 264 g/mol. The summed E-state index contributed by atoms with van der Waals surface area (Å²) in [5, 5.41) is 0.907. The first kappa shape index (κ1) is 13.6. The summed E-state index contributed by atoms with van der Waals surface area (Å²) in [7, 11) is 0. The Morgan fingerprint density at radius 3 is 2.31 bits per heavy atom. The molecule has 0 amide bonds. The van der Waals surface area contributed by atoms with E-state index < -0.39 is 0 Å². The molecule has 0 aliphatic heterocycles. The van der Waals surface area contributed by atoms with Crippen LogP contribution in [0.4, 0.5) is 0 Å². The molecule has 1 rings (SSSR count). The molecule has 0 spiro atoms. The summed E-state index contributed by atoms with van der Waals surface area (Å²) in [5.74, 6) is 0.986. The molecule has 1 aromatic carbocycles. The minimum atomic E-state index is 0.845. The van der Waals surface area contributed by atoms with Crippen LogP contribution >= 0.6 is 15.9 Å². The summed E-state index contributed by atoms with van der Waals surface area (Å²) in [4.78, 5) is 0. The van der Waals surface area contributed by atoms with Gasteiger partial charge in [-0.05, 0) is 24.1 Å². The summed E-state index contributed by atoms with van der Waals surface area (Å²) >= 11 is 3.43. The largest absolute Gasteiger partial charge is 0.494 e. The Hall–Kier alpha value is -0.500. The zero-order valence-electron chi connectivity index (χ0n) is 10.0. The van der Waals surface area contributed by atoms with E-state index in [1.807, 2.05) is 12.1 Å². The highest BCUT2D eigenvalue weighted by Crippen LogP contribution is 2.14. The lowest BCUT2D eigenvalue weighted by atomic mass is 10.2. The molecule has 0 aliphatic rings. The molecule has 0 saturated carbocycles. The number of hydrogen-bond donors (Lipinski definition) is 0. The van der Waals surface area contributed by atoms with E-state index in [4.69, 9.17) is 4.74 Å². The Kier molecular flexibility index (Phi) is 7.32. The fraction of sp³-hybridized carbons (Fsp3) is 0.571. The summed E-state index contributed by atoms with van der Waals surface area (Å²) in [6.07, 6.45) is 6.44. The van der Waals surface area contributed by atoms with E-state index in [-0.39, 0.29) is 0 Å². The molecule has 0 atom stereocenters. The molecule has 0 fully saturated rings. The van der Waals surface area contributed by atoms with Crippen molar-refractivity contribution >= 4 is 15.9 Å². The van der Waals surface area contributed by atoms with Gasteiger partial charge >= 0.3 is 0 Å². The van der Waals surface area contributed by atoms with Crippen molar-refractivity contribution in [2.75, 3.05) is 6.61 Å². The fourth-order valence-corrected chi connectivity index (χ4v) is 1.94. The first-order chi connectivity index (χ1) is 7.86. The highest BCUT2D eigenvalue weighted by atomic mass is 79.9. The first-order valence-electron chi connectivity index (χ1n) is 6.14. The molecular formula is C14H21BrO. The highest BCUT2D eigenvalue weighted by molar-refractivity contribution is 9.08. The Balaban J connectivity index is 2.12. The van der Waals surface area contributed by atoms with Crippen LogP contribution in [-0.2, 0) is 5.33 Å². The topological polar surface area (TPSA) is 9.23 Å². The van der Waals surface area contributed by atoms with Crippen molar-refractivity contribution in [1.29, 1.82) is 0 Å². The maximum absolute atomic E-state index is 5.67. The van der Waals surface area contributed by atoms with Crippen LogP contribution in [-0.4, -0.2) is 6.61 Å². The third kappa shape index (κ3) is 5.55. The lowest BCUT2D eigenvalue weighted by Gasteiger charge is -2.06. The molecule has 90 valence electrons. The van der Waals surface area contributed by atoms with Crippen molar-refractivity contribution in [3.05, 3.63) is 29.8 Å². The first-order valence-corrected chi connectivity index (χ1v) is 7.26. The predicted octanol–water partition coefficient (Wildman–Crippen LogP) is 4.93. The number of alkyl halides is 1. The van der Waals surface area contributed by atoms with Gasteiger partial charge in [0.05, 0.1) is 6.61 Å². The molecule has 1 nitrogen and oxygen atoms in total. The van der Waals surface area contributed by atoms with Gasteiger partial charge in [0.15, 0.2) is 0 Å². The third-order valence-electron chi connectivity index (χ3n) is 2.59. The number of rotatable bonds is 8. The number of halogens is 1. The van der Waals surface area contributed by atoms with E-state index >= 15 is 0 Å². The Morgan fingerprint density at radius 2 is 1.69 bits per heavy atom. The molecule has 0 bridgehead atoms. The molecule has 0 unspecified atom stereocenters. The SMILES string of the molecule is CCCCCCCOc1ccc(CBr)cc1. The zero-order valence-corrected chi connectivity index (χ0v) is 11.6. The minimum absolute atomic E-state index is 0.845. The van der Waals surface area contributed by atoms with E-state index in [0.29, 0.717) is 0 Å². The molecule has 2 heteroatoms. The van der Waals surface area contributed by atoms with Crippen LogP contribution in [0.1, 0.15) is 44.6 Å². The van der Waals surface area contributed by atoms with Crippen molar-refractivity contribution in [2.24, 2.45) is 0 Å². The van der Waals surface area contributed by atoms with E-state index in [1.54, 1.807) is 0 Å². The monoisotopic (exact) mass is 284 g/mol. The van der Waals surface area contributed by atoms with Crippen LogP contribution < -0.4 is 4.74 Å². The van der Waals surface area contributed by atoms with Crippen molar-refractivity contribution in [3.8, 4) is 5.75 Å². The Bertz CT molecular complexity index is 269. The van der Waals surface area contributed by atoms with Crippen molar-refractivity contribution in [3.63, 3.8) is 0 Å². The maximum atomic E-state index is 5.67. The van der Waals surface area contributed by atoms with Crippen LogP contribution in [0.2, 0.25) is 0 Å². The van der Waals surface area contributed by atoms with Crippen molar-refractivity contribution < 1.29 is 4.74 Å². The number of ether oxygens (including phenoxy) is 1. The van der Waals surface area contributed by atoms with E-state index in [9.17, 15) is 0 Å². The lowest BCUT2D eigenvalue weighted by Crippen LogP contribution is -1.97. The normalized spacial score (nSPS) is 10.4. The third-order valence-corrected chi connectivity index (χ3v) is 3.24. The summed E-state index contributed by atoms with van der Waals surface area (Å²) in [5.41, 5.74) is 1.29. The summed E-state index contributed by atoms with van der Waals surface area (Å²) < 4.78 is 5.67. The van der Waals surface area contributed by atoms with E-state index in [2.05, 4.69) is 35.0 Å². The van der Waals surface area contributed by atoms with Crippen LogP contribution in [0.25, 0.3) is 0 Å². The molecule has 0 N–H and O–H groups in total. The van der Waals surface area contributed by atoms with Gasteiger partial charge in [-0.2, -0.15) is 0 Å². The van der Waals surface area contributed by atoms with Gasteiger partial charge in [-0.1, -0.05) is 60.7 Å². The van der Waals surface area contributed by atoms with E-state index in [1.165, 1.54) is 37.7 Å². The van der Waals surface area contributed by atoms with Gasteiger partial charge in [0.1, 0.15) is 5.75 Å². The zero-order chi connectivity index (χ0) is 11.6. The maximum Gasteiger partial charge on any atom is 0.119 e. The Morgan fingerprint density at radius 1 is 1.00 bits per heavy atom. The van der Waals surface area contributed by atoms with E-state index in [0.717, 1.165) is 17.7 Å². The van der Waals surface area contributed by atoms with Gasteiger partial charge in [0.2, 0.25) is 0 Å². The molecule has 0 radical (unpaired) electrons. The molecule has 16 heavy (non-hydrogen) atoms. The Labute approximate surface area is 107 Å². The summed E-state index contributed by atoms with van der Waals surface area (Å²) in [6.45, 7) is 3.08. The van der Waals surface area contributed by atoms with Gasteiger partial charge in [-0.25, -0.2) is 0 Å². The number of unbranched alkanes of at least 4 members (excludes halogenated alkanes) is 4. The van der Waals surface area contributed by atoms with Crippen molar-refractivity contribution in [2.45, 2.75) is 44.4 Å². The van der Waals surface area contributed by atoms with Crippen LogP contribution in [0, 0.1) is 0 Å². The van der Waals surface area contributed by atoms with Gasteiger partial charge < -0.3 is 4.74 Å². The predicted molar refractivity (Wildman–Crippen MR) is 73.3 cm³/mol. The number of hydrogen-bond acceptors (Lipinski definition) is 1. The minimum Gasteiger partial charge on any atom is -0.494 e. The van der Waals surface area contributed by atoms with Crippen molar-refractivity contribution in [1.82, 2.24) is 0 Å². The second-order valence-corrected chi connectivity index (χ2v) is 4.60. The van der Waals surface area contributed by atoms with Gasteiger partial charge in [0, 0.05) is 5.33 Å². The molecule has 0 aromatic heterocycles.